The molecule has 1 aliphatic carbocycles. The number of benzene rings is 1. The van der Waals surface area contributed by atoms with Gasteiger partial charge in [-0.05, 0) is 45.2 Å². The Bertz CT molecular complexity index is 679. The van der Waals surface area contributed by atoms with Gasteiger partial charge in [-0.2, -0.15) is 0 Å². The van der Waals surface area contributed by atoms with Crippen LogP contribution < -0.4 is 15.4 Å². The lowest BCUT2D eigenvalue weighted by molar-refractivity contribution is -0.138. The van der Waals surface area contributed by atoms with E-state index >= 15 is 0 Å². The second-order valence-electron chi connectivity index (χ2n) is 7.78. The SMILES string of the molecule is CCNC(=NCc1ccc(C)cc1OCC)NCC1(C(=O)N(C)C)CCCC1. The first kappa shape index (κ1) is 22.1. The summed E-state index contributed by atoms with van der Waals surface area (Å²) in [6.07, 6.45) is 4.08. The van der Waals surface area contributed by atoms with Crippen LogP contribution in [0.25, 0.3) is 0 Å². The van der Waals surface area contributed by atoms with Crippen molar-refractivity contribution in [2.24, 2.45) is 10.4 Å². The van der Waals surface area contributed by atoms with E-state index in [2.05, 4.69) is 35.8 Å². The number of carbonyl (C=O) groups is 1. The van der Waals surface area contributed by atoms with Gasteiger partial charge in [0.25, 0.3) is 0 Å². The van der Waals surface area contributed by atoms with E-state index in [1.807, 2.05) is 27.9 Å². The molecule has 28 heavy (non-hydrogen) atoms. The van der Waals surface area contributed by atoms with Crippen LogP contribution in [-0.2, 0) is 11.3 Å². The van der Waals surface area contributed by atoms with Crippen molar-refractivity contribution in [1.82, 2.24) is 15.5 Å². The van der Waals surface area contributed by atoms with Crippen LogP contribution >= 0.6 is 0 Å². The number of aryl methyl sites for hydroxylation is 1. The van der Waals surface area contributed by atoms with Crippen molar-refractivity contribution < 1.29 is 9.53 Å². The summed E-state index contributed by atoms with van der Waals surface area (Å²) in [5, 5.41) is 6.72. The van der Waals surface area contributed by atoms with Crippen LogP contribution in [0.1, 0.15) is 50.7 Å². The first-order valence-electron chi connectivity index (χ1n) is 10.4. The number of aliphatic imine (C=N–C) groups is 1. The maximum absolute atomic E-state index is 12.8. The lowest BCUT2D eigenvalue weighted by Gasteiger charge is -2.31. The Morgan fingerprint density at radius 3 is 2.54 bits per heavy atom. The molecular formula is C22H36N4O2. The lowest BCUT2D eigenvalue weighted by atomic mass is 9.84. The summed E-state index contributed by atoms with van der Waals surface area (Å²) in [6, 6.07) is 6.20. The van der Waals surface area contributed by atoms with Crippen LogP contribution in [0.2, 0.25) is 0 Å². The highest BCUT2D eigenvalue weighted by Gasteiger charge is 2.42. The monoisotopic (exact) mass is 388 g/mol. The molecule has 6 nitrogen and oxygen atoms in total. The Balaban J connectivity index is 2.11. The largest absolute Gasteiger partial charge is 0.494 e. The van der Waals surface area contributed by atoms with Crippen LogP contribution in [0.15, 0.2) is 23.2 Å². The lowest BCUT2D eigenvalue weighted by Crippen LogP contribution is -2.49. The summed E-state index contributed by atoms with van der Waals surface area (Å²) in [6.45, 7) is 8.64. The molecule has 1 aromatic carbocycles. The first-order valence-corrected chi connectivity index (χ1v) is 10.4. The molecular weight excluding hydrogens is 352 g/mol. The van der Waals surface area contributed by atoms with Crippen LogP contribution in [-0.4, -0.2) is 50.6 Å². The maximum Gasteiger partial charge on any atom is 0.230 e. The third-order valence-corrected chi connectivity index (χ3v) is 5.29. The molecule has 2 N–H and O–H groups in total. The molecule has 0 unspecified atom stereocenters. The fraction of sp³-hybridized carbons (Fsp3) is 0.636. The maximum atomic E-state index is 12.8. The van der Waals surface area contributed by atoms with Crippen LogP contribution in [0.5, 0.6) is 5.75 Å². The molecule has 0 aliphatic heterocycles. The molecule has 1 aromatic rings. The number of amides is 1. The molecule has 0 atom stereocenters. The van der Waals surface area contributed by atoms with Crippen molar-refractivity contribution in [3.63, 3.8) is 0 Å². The number of guanidine groups is 1. The van der Waals surface area contributed by atoms with E-state index in [1.165, 1.54) is 5.56 Å². The molecule has 0 spiro atoms. The number of carbonyl (C=O) groups excluding carboxylic acids is 1. The second kappa shape index (κ2) is 10.3. The van der Waals surface area contributed by atoms with E-state index in [9.17, 15) is 4.79 Å². The molecule has 2 rings (SSSR count). The zero-order valence-corrected chi connectivity index (χ0v) is 18.1. The number of nitrogens with zero attached hydrogens (tertiary/aromatic N) is 2. The molecule has 0 bridgehead atoms. The summed E-state index contributed by atoms with van der Waals surface area (Å²) in [4.78, 5) is 19.2. The highest BCUT2D eigenvalue weighted by atomic mass is 16.5. The molecule has 1 amide bonds. The summed E-state index contributed by atoms with van der Waals surface area (Å²) in [5.41, 5.74) is 1.91. The standard InChI is InChI=1S/C22H36N4O2/c1-6-23-21(24-15-18-11-10-17(3)14-19(18)28-7-2)25-16-22(12-8-9-13-22)20(27)26(4)5/h10-11,14H,6-9,12-13,15-16H2,1-5H3,(H2,23,24,25). The van der Waals surface area contributed by atoms with Gasteiger partial charge in [0.2, 0.25) is 5.91 Å². The summed E-state index contributed by atoms with van der Waals surface area (Å²) in [7, 11) is 3.68. The van der Waals surface area contributed by atoms with E-state index in [4.69, 9.17) is 9.73 Å². The van der Waals surface area contributed by atoms with Crippen molar-refractivity contribution >= 4 is 11.9 Å². The Morgan fingerprint density at radius 1 is 1.21 bits per heavy atom. The fourth-order valence-corrected chi connectivity index (χ4v) is 3.83. The molecule has 1 aliphatic rings. The van der Waals surface area contributed by atoms with Gasteiger partial charge in [0, 0.05) is 32.7 Å². The Labute approximate surface area is 169 Å². The summed E-state index contributed by atoms with van der Waals surface area (Å²) < 4.78 is 5.76. The zero-order chi connectivity index (χ0) is 20.6. The number of rotatable bonds is 8. The van der Waals surface area contributed by atoms with Crippen molar-refractivity contribution in [2.45, 2.75) is 53.0 Å². The van der Waals surface area contributed by atoms with Crippen LogP contribution in [0.3, 0.4) is 0 Å². The van der Waals surface area contributed by atoms with Crippen LogP contribution in [0, 0.1) is 12.3 Å². The van der Waals surface area contributed by atoms with Gasteiger partial charge >= 0.3 is 0 Å². The number of nitrogens with one attached hydrogen (secondary N) is 2. The van der Waals surface area contributed by atoms with Crippen molar-refractivity contribution in [2.75, 3.05) is 33.8 Å². The Kier molecular flexibility index (Phi) is 8.15. The first-order chi connectivity index (χ1) is 13.4. The number of hydrogen-bond acceptors (Lipinski definition) is 3. The van der Waals surface area contributed by atoms with Crippen LogP contribution in [0.4, 0.5) is 0 Å². The van der Waals surface area contributed by atoms with Crippen molar-refractivity contribution in [3.8, 4) is 5.75 Å². The van der Waals surface area contributed by atoms with Gasteiger partial charge in [-0.25, -0.2) is 4.99 Å². The van der Waals surface area contributed by atoms with Gasteiger partial charge in [-0.3, -0.25) is 4.79 Å². The minimum atomic E-state index is -0.319. The quantitative estimate of drug-likeness (QED) is 0.530. The van der Waals surface area contributed by atoms with Gasteiger partial charge in [0.05, 0.1) is 18.6 Å². The van der Waals surface area contributed by atoms with Gasteiger partial charge < -0.3 is 20.3 Å². The van der Waals surface area contributed by atoms with E-state index < -0.39 is 0 Å². The molecule has 0 radical (unpaired) electrons. The van der Waals surface area contributed by atoms with Gasteiger partial charge in [0.1, 0.15) is 5.75 Å². The van der Waals surface area contributed by atoms with Crippen molar-refractivity contribution in [3.05, 3.63) is 29.3 Å². The molecule has 156 valence electrons. The summed E-state index contributed by atoms with van der Waals surface area (Å²) in [5.74, 6) is 1.84. The minimum absolute atomic E-state index is 0.213. The predicted molar refractivity (Wildman–Crippen MR) is 115 cm³/mol. The molecule has 6 heteroatoms. The van der Waals surface area contributed by atoms with E-state index in [1.54, 1.807) is 4.90 Å². The third kappa shape index (κ3) is 5.63. The van der Waals surface area contributed by atoms with Gasteiger partial charge in [0.15, 0.2) is 5.96 Å². The Hall–Kier alpha value is -2.24. The average molecular weight is 389 g/mol. The molecule has 0 saturated heterocycles. The molecule has 0 aromatic heterocycles. The predicted octanol–water partition coefficient (Wildman–Crippen LogP) is 3.10. The van der Waals surface area contributed by atoms with E-state index in [0.29, 0.717) is 19.7 Å². The van der Waals surface area contributed by atoms with Crippen molar-refractivity contribution in [1.29, 1.82) is 0 Å². The number of hydrogen-bond donors (Lipinski definition) is 2. The van der Waals surface area contributed by atoms with Gasteiger partial charge in [-0.15, -0.1) is 0 Å². The molecule has 0 heterocycles. The highest BCUT2D eigenvalue weighted by molar-refractivity contribution is 5.85. The fourth-order valence-electron chi connectivity index (χ4n) is 3.83. The average Bonchev–Trinajstić information content (AvgIpc) is 3.15. The molecule has 1 fully saturated rings. The normalized spacial score (nSPS) is 16.0. The number of ether oxygens (including phenoxy) is 1. The third-order valence-electron chi connectivity index (χ3n) is 5.29. The van der Waals surface area contributed by atoms with Gasteiger partial charge in [-0.1, -0.05) is 25.0 Å². The topological polar surface area (TPSA) is 66.0 Å². The minimum Gasteiger partial charge on any atom is -0.494 e. The van der Waals surface area contributed by atoms with E-state index in [0.717, 1.165) is 49.5 Å². The second-order valence-corrected chi connectivity index (χ2v) is 7.78. The smallest absolute Gasteiger partial charge is 0.230 e. The van der Waals surface area contributed by atoms with E-state index in [-0.39, 0.29) is 11.3 Å². The molecule has 1 saturated carbocycles. The zero-order valence-electron chi connectivity index (χ0n) is 18.1. The highest BCUT2D eigenvalue weighted by Crippen LogP contribution is 2.38. The summed E-state index contributed by atoms with van der Waals surface area (Å²) >= 11 is 0. The Morgan fingerprint density at radius 2 is 1.93 bits per heavy atom.